The van der Waals surface area contributed by atoms with E-state index in [1.165, 1.54) is 19.3 Å². The van der Waals surface area contributed by atoms with E-state index >= 15 is 0 Å². The third kappa shape index (κ3) is 1.88. The van der Waals surface area contributed by atoms with Crippen LogP contribution in [-0.4, -0.2) is 23.7 Å². The maximum Gasteiger partial charge on any atom is 0.229 e. The number of rotatable bonds is 4. The van der Waals surface area contributed by atoms with Gasteiger partial charge in [-0.05, 0) is 19.9 Å². The lowest BCUT2D eigenvalue weighted by atomic mass is 9.85. The van der Waals surface area contributed by atoms with Gasteiger partial charge >= 0.3 is 0 Å². The number of nitrogens with zero attached hydrogens (tertiary/aromatic N) is 2. The minimum Gasteiger partial charge on any atom is -0.339 e. The molecule has 1 heterocycles. The summed E-state index contributed by atoms with van der Waals surface area (Å²) >= 11 is 0. The topological polar surface area (TPSA) is 51.0 Å². The van der Waals surface area contributed by atoms with Gasteiger partial charge in [0, 0.05) is 18.9 Å². The quantitative estimate of drug-likeness (QED) is 0.755. The fourth-order valence-corrected chi connectivity index (χ4v) is 1.43. The monoisotopic (exact) mass is 181 g/mol. The summed E-state index contributed by atoms with van der Waals surface area (Å²) in [5, 5.41) is 6.99. The largest absolute Gasteiger partial charge is 0.339 e. The molecule has 1 aromatic heterocycles. The zero-order valence-electron chi connectivity index (χ0n) is 7.92. The summed E-state index contributed by atoms with van der Waals surface area (Å²) < 4.78 is 5.18. The second-order valence-corrected chi connectivity index (χ2v) is 3.53. The van der Waals surface area contributed by atoms with Crippen LogP contribution in [0.3, 0.4) is 0 Å². The van der Waals surface area contributed by atoms with Crippen molar-refractivity contribution in [1.82, 2.24) is 15.5 Å². The predicted octanol–water partition coefficient (Wildman–Crippen LogP) is 1.10. The molecule has 1 saturated carbocycles. The molecule has 13 heavy (non-hydrogen) atoms. The van der Waals surface area contributed by atoms with Crippen molar-refractivity contribution in [3.05, 3.63) is 11.7 Å². The second kappa shape index (κ2) is 3.87. The van der Waals surface area contributed by atoms with E-state index in [9.17, 15) is 0 Å². The Bertz CT molecular complexity index is 268. The highest BCUT2D eigenvalue weighted by atomic mass is 16.5. The first-order valence-corrected chi connectivity index (χ1v) is 4.87. The molecule has 0 spiro atoms. The van der Waals surface area contributed by atoms with Crippen molar-refractivity contribution in [3.63, 3.8) is 0 Å². The highest BCUT2D eigenvalue weighted by Crippen LogP contribution is 2.35. The molecule has 4 heteroatoms. The van der Waals surface area contributed by atoms with Crippen molar-refractivity contribution in [3.8, 4) is 0 Å². The van der Waals surface area contributed by atoms with E-state index in [-0.39, 0.29) is 0 Å². The van der Waals surface area contributed by atoms with Gasteiger partial charge in [0.15, 0.2) is 5.82 Å². The zero-order chi connectivity index (χ0) is 9.10. The van der Waals surface area contributed by atoms with Gasteiger partial charge in [0.25, 0.3) is 0 Å². The lowest BCUT2D eigenvalue weighted by Crippen LogP contribution is -2.12. The number of aromatic nitrogens is 2. The average molecular weight is 181 g/mol. The first kappa shape index (κ1) is 8.69. The Morgan fingerprint density at radius 3 is 3.00 bits per heavy atom. The normalized spacial score (nSPS) is 17.3. The Morgan fingerprint density at radius 1 is 1.54 bits per heavy atom. The van der Waals surface area contributed by atoms with E-state index < -0.39 is 0 Å². The van der Waals surface area contributed by atoms with Crippen LogP contribution in [0.5, 0.6) is 0 Å². The third-order valence-electron chi connectivity index (χ3n) is 2.54. The van der Waals surface area contributed by atoms with Crippen LogP contribution in [-0.2, 0) is 6.42 Å². The van der Waals surface area contributed by atoms with Crippen molar-refractivity contribution in [2.75, 3.05) is 13.6 Å². The average Bonchev–Trinajstić information content (AvgIpc) is 2.46. The molecule has 0 radical (unpaired) electrons. The van der Waals surface area contributed by atoms with Crippen LogP contribution in [0.4, 0.5) is 0 Å². The molecule has 1 aliphatic rings. The van der Waals surface area contributed by atoms with Gasteiger partial charge in [-0.1, -0.05) is 11.6 Å². The smallest absolute Gasteiger partial charge is 0.229 e. The minimum atomic E-state index is 0.552. The summed E-state index contributed by atoms with van der Waals surface area (Å²) in [5.41, 5.74) is 0. The molecule has 1 aliphatic carbocycles. The van der Waals surface area contributed by atoms with Crippen molar-refractivity contribution in [2.45, 2.75) is 31.6 Å². The van der Waals surface area contributed by atoms with Crippen LogP contribution in [0.2, 0.25) is 0 Å². The summed E-state index contributed by atoms with van der Waals surface area (Å²) in [6, 6.07) is 0. The molecule has 1 N–H and O–H groups in total. The van der Waals surface area contributed by atoms with E-state index in [1.807, 2.05) is 7.05 Å². The first-order valence-electron chi connectivity index (χ1n) is 4.87. The summed E-state index contributed by atoms with van der Waals surface area (Å²) in [5.74, 6) is 2.23. The molecule has 4 nitrogen and oxygen atoms in total. The van der Waals surface area contributed by atoms with Crippen molar-refractivity contribution in [2.24, 2.45) is 0 Å². The molecule has 1 aromatic rings. The molecular formula is C9H15N3O. The van der Waals surface area contributed by atoms with Crippen molar-refractivity contribution in [1.29, 1.82) is 0 Å². The zero-order valence-corrected chi connectivity index (χ0v) is 7.92. The fraction of sp³-hybridized carbons (Fsp3) is 0.778. The van der Waals surface area contributed by atoms with E-state index in [1.54, 1.807) is 0 Å². The third-order valence-corrected chi connectivity index (χ3v) is 2.54. The molecule has 0 atom stereocenters. The molecule has 72 valence electrons. The van der Waals surface area contributed by atoms with Crippen molar-refractivity contribution < 1.29 is 4.52 Å². The number of hydrogen-bond acceptors (Lipinski definition) is 4. The molecule has 0 bridgehead atoms. The molecule has 0 amide bonds. The standard InChI is InChI=1S/C9H15N3O/c1-10-6-5-8-11-9(13-12-8)7-3-2-4-7/h7,10H,2-6H2,1H3. The first-order chi connectivity index (χ1) is 6.40. The number of likely N-dealkylation sites (N-methyl/N-ethyl adjacent to an activating group) is 1. The molecule has 0 aliphatic heterocycles. The maximum atomic E-state index is 5.18. The van der Waals surface area contributed by atoms with Gasteiger partial charge in [-0.15, -0.1) is 0 Å². The highest BCUT2D eigenvalue weighted by molar-refractivity contribution is 4.98. The second-order valence-electron chi connectivity index (χ2n) is 3.53. The maximum absolute atomic E-state index is 5.18. The lowest BCUT2D eigenvalue weighted by Gasteiger charge is -2.20. The van der Waals surface area contributed by atoms with Gasteiger partial charge in [-0.2, -0.15) is 4.98 Å². The fourth-order valence-electron chi connectivity index (χ4n) is 1.43. The van der Waals surface area contributed by atoms with Crippen LogP contribution in [0.25, 0.3) is 0 Å². The Labute approximate surface area is 77.7 Å². The highest BCUT2D eigenvalue weighted by Gasteiger charge is 2.25. The molecule has 0 saturated heterocycles. The Balaban J connectivity index is 1.92. The molecule has 1 fully saturated rings. The van der Waals surface area contributed by atoms with Gasteiger partial charge < -0.3 is 9.84 Å². The van der Waals surface area contributed by atoms with Crippen molar-refractivity contribution >= 4 is 0 Å². The van der Waals surface area contributed by atoms with Gasteiger partial charge in [-0.25, -0.2) is 0 Å². The Kier molecular flexibility index (Phi) is 2.59. The van der Waals surface area contributed by atoms with E-state index in [4.69, 9.17) is 4.52 Å². The predicted molar refractivity (Wildman–Crippen MR) is 48.5 cm³/mol. The molecular weight excluding hydrogens is 166 g/mol. The van der Waals surface area contributed by atoms with Crippen LogP contribution in [0, 0.1) is 0 Å². The summed E-state index contributed by atoms with van der Waals surface area (Å²) in [4.78, 5) is 4.35. The van der Waals surface area contributed by atoms with Gasteiger partial charge in [-0.3, -0.25) is 0 Å². The Hall–Kier alpha value is -0.900. The summed E-state index contributed by atoms with van der Waals surface area (Å²) in [6.07, 6.45) is 4.59. The van der Waals surface area contributed by atoms with E-state index in [2.05, 4.69) is 15.5 Å². The Morgan fingerprint density at radius 2 is 2.38 bits per heavy atom. The van der Waals surface area contributed by atoms with Crippen LogP contribution >= 0.6 is 0 Å². The van der Waals surface area contributed by atoms with Gasteiger partial charge in [0.05, 0.1) is 0 Å². The van der Waals surface area contributed by atoms with Crippen LogP contribution in [0.15, 0.2) is 4.52 Å². The van der Waals surface area contributed by atoms with Crippen LogP contribution in [0.1, 0.15) is 36.9 Å². The summed E-state index contributed by atoms with van der Waals surface area (Å²) in [7, 11) is 1.92. The lowest BCUT2D eigenvalue weighted by molar-refractivity contribution is 0.291. The minimum absolute atomic E-state index is 0.552. The SMILES string of the molecule is CNCCc1noc(C2CCC2)n1. The summed E-state index contributed by atoms with van der Waals surface area (Å²) in [6.45, 7) is 0.906. The van der Waals surface area contributed by atoms with Crippen LogP contribution < -0.4 is 5.32 Å². The number of nitrogens with one attached hydrogen (secondary N) is 1. The van der Waals surface area contributed by atoms with Gasteiger partial charge in [0.1, 0.15) is 0 Å². The molecule has 2 rings (SSSR count). The molecule has 0 unspecified atom stereocenters. The van der Waals surface area contributed by atoms with Gasteiger partial charge in [0.2, 0.25) is 5.89 Å². The molecule has 0 aromatic carbocycles. The van der Waals surface area contributed by atoms with E-state index in [0.717, 1.165) is 24.7 Å². The number of hydrogen-bond donors (Lipinski definition) is 1. The van der Waals surface area contributed by atoms with E-state index in [0.29, 0.717) is 5.92 Å².